The number of amides is 7. The quantitative estimate of drug-likeness (QED) is 0.0116. The molecule has 3 aromatic carbocycles. The van der Waals surface area contributed by atoms with Crippen LogP contribution in [0.15, 0.2) is 91.7 Å². The lowest BCUT2D eigenvalue weighted by Crippen LogP contribution is -2.64. The number of carbonyl (C=O) groups excluding carboxylic acids is 7. The molecule has 0 radical (unpaired) electrons. The number of nitrogens with zero attached hydrogens (tertiary/aromatic N) is 5. The van der Waals surface area contributed by atoms with Gasteiger partial charge in [0.15, 0.2) is 11.5 Å². The van der Waals surface area contributed by atoms with Gasteiger partial charge in [-0.15, -0.1) is 10.2 Å². The van der Waals surface area contributed by atoms with Gasteiger partial charge in [-0.3, -0.25) is 38.5 Å². The van der Waals surface area contributed by atoms with Gasteiger partial charge >= 0.3 is 0 Å². The van der Waals surface area contributed by atoms with E-state index >= 15 is 4.79 Å². The Kier molecular flexibility index (Phi) is 29.1. The topological polar surface area (TPSA) is 482 Å². The van der Waals surface area contributed by atoms with E-state index in [9.17, 15) is 75.0 Å². The van der Waals surface area contributed by atoms with Gasteiger partial charge in [-0.2, -0.15) is 0 Å². The molecule has 7 amide bonds. The Morgan fingerprint density at radius 2 is 1.36 bits per heavy atom. The van der Waals surface area contributed by atoms with Gasteiger partial charge in [0.05, 0.1) is 43.2 Å². The summed E-state index contributed by atoms with van der Waals surface area (Å²) in [5.74, 6) is -10.7. The van der Waals surface area contributed by atoms with E-state index in [1.54, 1.807) is 19.2 Å². The number of phenolic OH excluding ortho intramolecular Hbond substituents is 1. The fourth-order valence-corrected chi connectivity index (χ4v) is 12.3. The molecule has 36 heteroatoms. The highest BCUT2D eigenvalue weighted by molar-refractivity contribution is 7.90. The maximum atomic E-state index is 15.1. The molecule has 4 aromatic rings. The second kappa shape index (κ2) is 37.0. The number of hydrogen-bond acceptors (Lipinski definition) is 29. The normalized spacial score (nSPS) is 23.7. The molecule has 3 saturated heterocycles. The van der Waals surface area contributed by atoms with Crippen LogP contribution in [0.2, 0.25) is 0 Å². The fourth-order valence-electron chi connectivity index (χ4n) is 11.2. The minimum atomic E-state index is -2.24. The fraction of sp³-hybridized carbons (Fsp3) is 0.500. The highest BCUT2D eigenvalue weighted by Crippen LogP contribution is 2.34. The number of carbonyl (C=O) groups is 7. The number of nitrogens with one attached hydrogen (secondary N) is 5. The average molecular weight is 1420 g/mol. The van der Waals surface area contributed by atoms with E-state index in [1.165, 1.54) is 36.5 Å². The van der Waals surface area contributed by atoms with Crippen molar-refractivity contribution in [3.8, 4) is 38.4 Å². The number of β-amino-alcohol motifs (C(OH)–C–C–N with tert-alkyl or cyclic N) is 1. The van der Waals surface area contributed by atoms with Crippen LogP contribution >= 0.6 is 23.7 Å². The largest absolute Gasteiger partial charge is 0.504 e. The van der Waals surface area contributed by atoms with Crippen molar-refractivity contribution in [1.29, 1.82) is 0 Å². The second-order valence-electron chi connectivity index (χ2n) is 23.6. The standard InChI is InChI=1S/C62H82N10O24S2/c1-32-30-72-52(53(32)79)58(84)63-29-40(74)27-43(64-54(80)37-12-14-38(15-13-37)59-68-69-60(97-59)39-16-18-42(19-17-39)91-24-10-8-6-7-9-23-90-5)55(81)65-49(33(2)73)61(85)71-31-41(75)28-44(71)56(82)66-50(47(78)25-36-11-20-45(76)48(26-36)94-98-96-95-89)57(83)67-51(62(72)86)46(77)21-22-70(34(3)92-87)35(4)93-88/h11-20,26,32-33,40-41,43-44,46-47,49-53,73-79,87-89H,3-4,6-10,21-25,27-31H2,1-2,5H3,(H,63,84)(H,64,80)(H,65,81)(H,66,82)(H,67,83)/t32-,33-,40+,41+,43+,44+,46-,47-,49+,50+,51+,52+,53+/m1/s1. The molecule has 1 aromatic heterocycles. The van der Waals surface area contributed by atoms with E-state index in [1.807, 2.05) is 24.3 Å². The number of phenols is 1. The number of aliphatic hydroxyl groups is 6. The summed E-state index contributed by atoms with van der Waals surface area (Å²) in [5.41, 5.74) is 1.40. The zero-order chi connectivity index (χ0) is 71.3. The van der Waals surface area contributed by atoms with Gasteiger partial charge in [-0.1, -0.05) is 65.1 Å². The van der Waals surface area contributed by atoms with Crippen LogP contribution in [0, 0.1) is 5.92 Å². The summed E-state index contributed by atoms with van der Waals surface area (Å²) in [6.07, 6.45) is -8.30. The predicted molar refractivity (Wildman–Crippen MR) is 344 cm³/mol. The number of aromatic hydroxyl groups is 1. The first kappa shape index (κ1) is 77.0. The van der Waals surface area contributed by atoms with Crippen LogP contribution in [0.1, 0.15) is 81.1 Å². The van der Waals surface area contributed by atoms with Gasteiger partial charge < -0.3 is 95.6 Å². The third-order valence-corrected chi connectivity index (χ3v) is 17.9. The minimum absolute atomic E-state index is 0.0116. The summed E-state index contributed by atoms with van der Waals surface area (Å²) in [6.45, 7) is 8.41. The SMILES string of the molecule is C=C(OO)N(CC[C@@H](O)[C@@H]1NC(=O)[C@H]([C@H](O)Cc2ccc(O)c(OSOOO)c2)NC(=O)[C@@H]2C[C@H](O)CN2C(=O)[C@H]([C@@H](C)O)NC(=O)[C@@H](NC(=O)c2ccc(-c3nnc(-c4ccc(OCCCCCCCOC)cc4)s3)cc2)C[C@H](O)CNC(=O)[C@@H]2[C@@H](O)[C@H](C)CN2C1=O)C(=C)OO. The molecular weight excluding hydrogens is 1330 g/mol. The van der Waals surface area contributed by atoms with Gasteiger partial charge in [0, 0.05) is 81.8 Å². The van der Waals surface area contributed by atoms with Gasteiger partial charge in [0.1, 0.15) is 52.0 Å². The zero-order valence-corrected chi connectivity index (χ0v) is 55.3. The van der Waals surface area contributed by atoms with Crippen LogP contribution in [0.25, 0.3) is 21.1 Å². The number of aliphatic hydroxyl groups excluding tert-OH is 6. The van der Waals surface area contributed by atoms with Crippen molar-refractivity contribution >= 4 is 65.0 Å². The third kappa shape index (κ3) is 20.6. The predicted octanol–water partition coefficient (Wildman–Crippen LogP) is 0.479. The van der Waals surface area contributed by atoms with E-state index in [0.29, 0.717) is 27.9 Å². The van der Waals surface area contributed by atoms with Gasteiger partial charge in [0.25, 0.3) is 18.2 Å². The Balaban J connectivity index is 1.18. The van der Waals surface area contributed by atoms with Crippen molar-refractivity contribution in [3.63, 3.8) is 0 Å². The van der Waals surface area contributed by atoms with Crippen LogP contribution in [-0.2, 0) is 59.1 Å². The van der Waals surface area contributed by atoms with Crippen molar-refractivity contribution in [1.82, 2.24) is 51.5 Å². The van der Waals surface area contributed by atoms with E-state index in [2.05, 4.69) is 69.1 Å². The lowest BCUT2D eigenvalue weighted by Gasteiger charge is -2.34. The zero-order valence-electron chi connectivity index (χ0n) is 53.6. The molecule has 4 heterocycles. The lowest BCUT2D eigenvalue weighted by atomic mass is 9.98. The first-order valence-corrected chi connectivity index (χ1v) is 32.6. The molecule has 3 fully saturated rings. The molecule has 0 aliphatic carbocycles. The van der Waals surface area contributed by atoms with Gasteiger partial charge in [0.2, 0.25) is 47.2 Å². The lowest BCUT2D eigenvalue weighted by molar-refractivity contribution is -0.433. The molecule has 34 nitrogen and oxygen atoms in total. The monoisotopic (exact) mass is 1410 g/mol. The number of benzene rings is 3. The number of aromatic nitrogens is 2. The highest BCUT2D eigenvalue weighted by atomic mass is 32.2. The summed E-state index contributed by atoms with van der Waals surface area (Å²) in [4.78, 5) is 113. The molecule has 536 valence electrons. The van der Waals surface area contributed by atoms with Crippen LogP contribution in [0.4, 0.5) is 0 Å². The van der Waals surface area contributed by atoms with Crippen LogP contribution in [-0.4, -0.2) is 237 Å². The van der Waals surface area contributed by atoms with E-state index in [-0.39, 0.29) is 29.2 Å². The Morgan fingerprint density at radius 3 is 1.99 bits per heavy atom. The Morgan fingerprint density at radius 1 is 0.745 bits per heavy atom. The molecule has 3 aliphatic rings. The van der Waals surface area contributed by atoms with Crippen molar-refractivity contribution in [2.45, 2.75) is 145 Å². The van der Waals surface area contributed by atoms with Crippen molar-refractivity contribution < 1.29 is 118 Å². The van der Waals surface area contributed by atoms with E-state index < -0.39 is 190 Å². The average Bonchev–Trinajstić information content (AvgIpc) is 1.63. The molecule has 98 heavy (non-hydrogen) atoms. The van der Waals surface area contributed by atoms with Crippen molar-refractivity contribution in [3.05, 3.63) is 103 Å². The number of rotatable bonds is 29. The van der Waals surface area contributed by atoms with Crippen molar-refractivity contribution in [2.75, 3.05) is 46.5 Å². The van der Waals surface area contributed by atoms with Crippen LogP contribution in [0.3, 0.4) is 0 Å². The molecule has 0 saturated carbocycles. The highest BCUT2D eigenvalue weighted by Gasteiger charge is 2.50. The van der Waals surface area contributed by atoms with Crippen LogP contribution < -0.4 is 35.5 Å². The van der Waals surface area contributed by atoms with E-state index in [0.717, 1.165) is 78.0 Å². The molecule has 3 aliphatic heterocycles. The molecule has 13 atom stereocenters. The van der Waals surface area contributed by atoms with Crippen LogP contribution in [0.5, 0.6) is 17.2 Å². The molecular formula is C62H82N10O24S2. The van der Waals surface area contributed by atoms with E-state index in [4.69, 9.17) is 18.9 Å². The third-order valence-electron chi connectivity index (χ3n) is 16.5. The van der Waals surface area contributed by atoms with Gasteiger partial charge in [-0.05, 0) is 93.4 Å². The number of methoxy groups -OCH3 is 1. The summed E-state index contributed by atoms with van der Waals surface area (Å²) in [5, 5.41) is 133. The number of ether oxygens (including phenoxy) is 2. The number of hydrogen-bond donors (Lipinski definition) is 15. The molecule has 7 rings (SSSR count). The summed E-state index contributed by atoms with van der Waals surface area (Å²) in [7, 11) is 1.69. The molecule has 15 N–H and O–H groups in total. The Hall–Kier alpha value is -8.34. The number of unbranched alkanes of at least 4 members (excludes halogenated alkanes) is 4. The molecule has 0 bridgehead atoms. The van der Waals surface area contributed by atoms with Crippen molar-refractivity contribution in [2.24, 2.45) is 5.92 Å². The first-order chi connectivity index (χ1) is 46.9. The minimum Gasteiger partial charge on any atom is -0.504 e. The summed E-state index contributed by atoms with van der Waals surface area (Å²) >= 11 is 1.32. The molecule has 0 unspecified atom stereocenters. The summed E-state index contributed by atoms with van der Waals surface area (Å²) < 4.78 is 20.4. The van der Waals surface area contributed by atoms with Gasteiger partial charge in [-0.25, -0.2) is 15.8 Å². The summed E-state index contributed by atoms with van der Waals surface area (Å²) in [6, 6.07) is 5.07. The first-order valence-electron chi connectivity index (χ1n) is 31.1. The molecule has 0 spiro atoms. The maximum absolute atomic E-state index is 15.1. The Bertz CT molecular complexity index is 3360. The number of fused-ring (bicyclic) bond motifs is 2. The maximum Gasteiger partial charge on any atom is 0.261 e. The Labute approximate surface area is 570 Å². The smallest absolute Gasteiger partial charge is 0.261 e. The second-order valence-corrected chi connectivity index (χ2v) is 25.0.